The number of nitrogens with zero attached hydrogens (tertiary/aromatic N) is 2. The number of halogens is 1. The lowest BCUT2D eigenvalue weighted by Crippen LogP contribution is -2.26. The van der Waals surface area contributed by atoms with Crippen LogP contribution < -0.4 is 5.32 Å². The first-order chi connectivity index (χ1) is 8.45. The molecule has 6 nitrogen and oxygen atoms in total. The van der Waals surface area contributed by atoms with Crippen molar-refractivity contribution in [3.05, 3.63) is 27.4 Å². The zero-order valence-electron chi connectivity index (χ0n) is 10.3. The molecular formula is C11H16ClN3O3. The fraction of sp³-hybridized carbons (Fsp3) is 0.545. The van der Waals surface area contributed by atoms with Crippen LogP contribution in [0.3, 0.4) is 0 Å². The minimum Gasteiger partial charge on any atom is -0.391 e. The molecule has 0 spiro atoms. The molecule has 0 fully saturated rings. The molecule has 2 N–H and O–H groups in total. The molecule has 0 aliphatic rings. The quantitative estimate of drug-likeness (QED) is 0.614. The molecular weight excluding hydrogens is 258 g/mol. The van der Waals surface area contributed by atoms with Crippen LogP contribution in [0.1, 0.15) is 20.3 Å². The highest BCUT2D eigenvalue weighted by atomic mass is 35.5. The fourth-order valence-electron chi connectivity index (χ4n) is 1.33. The topological polar surface area (TPSA) is 88.3 Å². The van der Waals surface area contributed by atoms with E-state index in [0.717, 1.165) is 12.6 Å². The molecule has 0 saturated heterocycles. The van der Waals surface area contributed by atoms with Crippen LogP contribution in [0, 0.1) is 16.0 Å². The standard InChI is InChI=1S/C11H16ClN3O3/c1-3-7(2)10(16)6-14-11-9(12)4-8(5-13-11)15(17)18/h4-5,7,10,16H,3,6H2,1-2H3,(H,13,14). The van der Waals surface area contributed by atoms with E-state index in [-0.39, 0.29) is 16.6 Å². The molecule has 18 heavy (non-hydrogen) atoms. The largest absolute Gasteiger partial charge is 0.391 e. The molecule has 0 bridgehead atoms. The highest BCUT2D eigenvalue weighted by Gasteiger charge is 2.14. The SMILES string of the molecule is CCC(C)C(O)CNc1ncc([N+](=O)[O-])cc1Cl. The number of aliphatic hydroxyl groups excluding tert-OH is 1. The number of aliphatic hydroxyl groups is 1. The van der Waals surface area contributed by atoms with Crippen molar-refractivity contribution in [3.63, 3.8) is 0 Å². The first-order valence-electron chi connectivity index (χ1n) is 5.67. The smallest absolute Gasteiger partial charge is 0.289 e. The third-order valence-corrected chi connectivity index (χ3v) is 3.11. The monoisotopic (exact) mass is 273 g/mol. The fourth-order valence-corrected chi connectivity index (χ4v) is 1.56. The lowest BCUT2D eigenvalue weighted by atomic mass is 10.0. The first kappa shape index (κ1) is 14.7. The van der Waals surface area contributed by atoms with Crippen LogP contribution in [0.25, 0.3) is 0 Å². The zero-order valence-corrected chi connectivity index (χ0v) is 11.0. The molecule has 2 unspecified atom stereocenters. The van der Waals surface area contributed by atoms with E-state index in [9.17, 15) is 15.2 Å². The minimum atomic E-state index is -0.559. The molecule has 100 valence electrons. The Morgan fingerprint density at radius 3 is 2.83 bits per heavy atom. The molecule has 0 aliphatic carbocycles. The molecule has 0 saturated carbocycles. The van der Waals surface area contributed by atoms with Gasteiger partial charge < -0.3 is 10.4 Å². The van der Waals surface area contributed by atoms with E-state index in [1.807, 2.05) is 13.8 Å². The number of rotatable bonds is 6. The molecule has 2 atom stereocenters. The molecule has 0 radical (unpaired) electrons. The number of pyridine rings is 1. The first-order valence-corrected chi connectivity index (χ1v) is 6.05. The van der Waals surface area contributed by atoms with E-state index in [0.29, 0.717) is 12.4 Å². The van der Waals surface area contributed by atoms with Crippen LogP contribution in [-0.4, -0.2) is 27.7 Å². The number of nitro groups is 1. The van der Waals surface area contributed by atoms with Gasteiger partial charge in [0.25, 0.3) is 5.69 Å². The summed E-state index contributed by atoms with van der Waals surface area (Å²) >= 11 is 5.86. The van der Waals surface area contributed by atoms with E-state index >= 15 is 0 Å². The van der Waals surface area contributed by atoms with Gasteiger partial charge in [-0.1, -0.05) is 31.9 Å². The third kappa shape index (κ3) is 3.82. The highest BCUT2D eigenvalue weighted by Crippen LogP contribution is 2.24. The van der Waals surface area contributed by atoms with Gasteiger partial charge in [-0.2, -0.15) is 0 Å². The van der Waals surface area contributed by atoms with E-state index in [4.69, 9.17) is 11.6 Å². The van der Waals surface area contributed by atoms with Crippen LogP contribution >= 0.6 is 11.6 Å². The lowest BCUT2D eigenvalue weighted by molar-refractivity contribution is -0.385. The number of hydrogen-bond acceptors (Lipinski definition) is 5. The average molecular weight is 274 g/mol. The van der Waals surface area contributed by atoms with Crippen molar-refractivity contribution in [2.45, 2.75) is 26.4 Å². The summed E-state index contributed by atoms with van der Waals surface area (Å²) in [7, 11) is 0. The second kappa shape index (κ2) is 6.51. The molecule has 0 aromatic carbocycles. The Bertz CT molecular complexity index is 428. The summed E-state index contributed by atoms with van der Waals surface area (Å²) < 4.78 is 0. The van der Waals surface area contributed by atoms with Crippen molar-refractivity contribution in [2.24, 2.45) is 5.92 Å². The maximum absolute atomic E-state index is 10.5. The van der Waals surface area contributed by atoms with Crippen LogP contribution in [0.4, 0.5) is 11.5 Å². The number of hydrogen-bond donors (Lipinski definition) is 2. The predicted molar refractivity (Wildman–Crippen MR) is 69.9 cm³/mol. The van der Waals surface area contributed by atoms with Crippen molar-refractivity contribution in [3.8, 4) is 0 Å². The summed E-state index contributed by atoms with van der Waals surface area (Å²) in [5, 5.41) is 23.3. The summed E-state index contributed by atoms with van der Waals surface area (Å²) in [5.41, 5.74) is -0.159. The van der Waals surface area contributed by atoms with Gasteiger partial charge in [0.1, 0.15) is 12.0 Å². The van der Waals surface area contributed by atoms with Crippen LogP contribution in [-0.2, 0) is 0 Å². The molecule has 1 rings (SSSR count). The molecule has 0 aliphatic heterocycles. The average Bonchev–Trinajstić information content (AvgIpc) is 2.35. The highest BCUT2D eigenvalue weighted by molar-refractivity contribution is 6.33. The molecule has 1 heterocycles. The van der Waals surface area contributed by atoms with Gasteiger partial charge in [0, 0.05) is 12.6 Å². The second-order valence-electron chi connectivity index (χ2n) is 4.11. The molecule has 0 amide bonds. The second-order valence-corrected chi connectivity index (χ2v) is 4.52. The van der Waals surface area contributed by atoms with Gasteiger partial charge in [0.15, 0.2) is 0 Å². The minimum absolute atomic E-state index is 0.159. The van der Waals surface area contributed by atoms with Gasteiger partial charge in [-0.15, -0.1) is 0 Å². The van der Waals surface area contributed by atoms with Crippen molar-refractivity contribution in [2.75, 3.05) is 11.9 Å². The molecule has 1 aromatic heterocycles. The Hall–Kier alpha value is -1.40. The van der Waals surface area contributed by atoms with Crippen molar-refractivity contribution in [1.29, 1.82) is 0 Å². The Balaban J connectivity index is 2.66. The van der Waals surface area contributed by atoms with E-state index < -0.39 is 11.0 Å². The van der Waals surface area contributed by atoms with Crippen LogP contribution in [0.2, 0.25) is 5.02 Å². The van der Waals surface area contributed by atoms with E-state index in [1.54, 1.807) is 0 Å². The number of nitrogens with one attached hydrogen (secondary N) is 1. The van der Waals surface area contributed by atoms with Crippen LogP contribution in [0.5, 0.6) is 0 Å². The third-order valence-electron chi connectivity index (χ3n) is 2.82. The van der Waals surface area contributed by atoms with E-state index in [1.165, 1.54) is 6.07 Å². The molecule has 7 heteroatoms. The van der Waals surface area contributed by atoms with Gasteiger partial charge in [-0.25, -0.2) is 4.98 Å². The summed E-state index contributed by atoms with van der Waals surface area (Å²) in [4.78, 5) is 13.8. The predicted octanol–water partition coefficient (Wildman–Crippen LogP) is 2.46. The Kier molecular flexibility index (Phi) is 5.30. The molecule has 1 aromatic rings. The summed E-state index contributed by atoms with van der Waals surface area (Å²) in [6, 6.07) is 1.23. The Morgan fingerprint density at radius 1 is 1.67 bits per heavy atom. The van der Waals surface area contributed by atoms with Crippen LogP contribution in [0.15, 0.2) is 12.3 Å². The Morgan fingerprint density at radius 2 is 2.33 bits per heavy atom. The maximum Gasteiger partial charge on any atom is 0.289 e. The normalized spacial score (nSPS) is 14.0. The number of aromatic nitrogens is 1. The Labute approximate surface area is 110 Å². The van der Waals surface area contributed by atoms with Gasteiger partial charge in [0.2, 0.25) is 0 Å². The summed E-state index contributed by atoms with van der Waals surface area (Å²) in [6.07, 6.45) is 1.48. The summed E-state index contributed by atoms with van der Waals surface area (Å²) in [6.45, 7) is 4.24. The summed E-state index contributed by atoms with van der Waals surface area (Å²) in [5.74, 6) is 0.499. The van der Waals surface area contributed by atoms with Gasteiger partial charge in [-0.3, -0.25) is 10.1 Å². The van der Waals surface area contributed by atoms with E-state index in [2.05, 4.69) is 10.3 Å². The van der Waals surface area contributed by atoms with Crippen molar-refractivity contribution < 1.29 is 10.0 Å². The van der Waals surface area contributed by atoms with Gasteiger partial charge in [0.05, 0.1) is 16.0 Å². The van der Waals surface area contributed by atoms with Gasteiger partial charge in [-0.05, 0) is 5.92 Å². The van der Waals surface area contributed by atoms with Gasteiger partial charge >= 0.3 is 0 Å². The maximum atomic E-state index is 10.5. The van der Waals surface area contributed by atoms with Crippen molar-refractivity contribution in [1.82, 2.24) is 4.98 Å². The zero-order chi connectivity index (χ0) is 13.7. The van der Waals surface area contributed by atoms with Crippen molar-refractivity contribution >= 4 is 23.1 Å². The number of anilines is 1. The lowest BCUT2D eigenvalue weighted by Gasteiger charge is -2.18.